The Kier molecular flexibility index (Phi) is 3.29. The van der Waals surface area contributed by atoms with E-state index in [0.29, 0.717) is 10.9 Å². The lowest BCUT2D eigenvalue weighted by Crippen LogP contribution is -2.12. The van der Waals surface area contributed by atoms with Crippen molar-refractivity contribution in [1.82, 2.24) is 4.98 Å². The quantitative estimate of drug-likeness (QED) is 0.307. The van der Waals surface area contributed by atoms with Gasteiger partial charge in [-0.1, -0.05) is 16.5 Å². The Morgan fingerprint density at radius 3 is 2.79 bits per heavy atom. The zero-order valence-electron chi connectivity index (χ0n) is 8.40. The third-order valence-corrected chi connectivity index (χ3v) is 2.66. The second-order valence-electron chi connectivity index (χ2n) is 3.22. The molecule has 5 nitrogen and oxygen atoms in total. The van der Waals surface area contributed by atoms with Gasteiger partial charge in [-0.2, -0.15) is 0 Å². The van der Waals surface area contributed by atoms with E-state index in [9.17, 15) is 0 Å². The van der Waals surface area contributed by atoms with Crippen molar-refractivity contribution in [3.63, 3.8) is 0 Å². The van der Waals surface area contributed by atoms with E-state index in [2.05, 4.69) is 15.5 Å². The maximum atomic E-state index is 8.53. The summed E-state index contributed by atoms with van der Waals surface area (Å²) in [5, 5.41) is 15.4. The molecule has 1 rings (SSSR count). The summed E-state index contributed by atoms with van der Waals surface area (Å²) in [6.45, 7) is 5.88. The molecule has 0 saturated heterocycles. The van der Waals surface area contributed by atoms with Crippen LogP contribution in [0.25, 0.3) is 0 Å². The largest absolute Gasteiger partial charge is 0.409 e. The zero-order valence-corrected chi connectivity index (χ0v) is 9.22. The molecule has 0 amide bonds. The molecule has 0 spiro atoms. The van der Waals surface area contributed by atoms with Gasteiger partial charge in [0.05, 0.1) is 10.6 Å². The highest BCUT2D eigenvalue weighted by atomic mass is 32.1. The van der Waals surface area contributed by atoms with Crippen LogP contribution in [-0.2, 0) is 0 Å². The van der Waals surface area contributed by atoms with Crippen molar-refractivity contribution in [3.8, 4) is 0 Å². The number of hydrogen-bond donors (Lipinski definition) is 3. The normalized spacial score (nSPS) is 12.1. The Hall–Kier alpha value is -1.30. The number of aryl methyl sites for hydroxylation is 1. The summed E-state index contributed by atoms with van der Waals surface area (Å²) >= 11 is 1.38. The molecule has 6 heteroatoms. The van der Waals surface area contributed by atoms with Crippen molar-refractivity contribution in [2.24, 2.45) is 10.9 Å². The highest BCUT2D eigenvalue weighted by Crippen LogP contribution is 2.22. The Morgan fingerprint density at radius 2 is 2.29 bits per heavy atom. The molecule has 78 valence electrons. The molecule has 0 atom stereocenters. The number of thiazole rings is 1. The zero-order chi connectivity index (χ0) is 10.7. The van der Waals surface area contributed by atoms with Crippen LogP contribution < -0.4 is 11.1 Å². The van der Waals surface area contributed by atoms with Crippen LogP contribution >= 0.6 is 11.3 Å². The van der Waals surface area contributed by atoms with Crippen LogP contribution in [0, 0.1) is 6.92 Å². The van der Waals surface area contributed by atoms with Crippen LogP contribution in [0.15, 0.2) is 5.16 Å². The number of amidine groups is 1. The molecule has 4 N–H and O–H groups in total. The fraction of sp³-hybridized carbons (Fsp3) is 0.500. The van der Waals surface area contributed by atoms with Gasteiger partial charge >= 0.3 is 0 Å². The third-order valence-electron chi connectivity index (χ3n) is 1.55. The molecule has 0 aliphatic heterocycles. The van der Waals surface area contributed by atoms with Gasteiger partial charge < -0.3 is 16.3 Å². The van der Waals surface area contributed by atoms with Gasteiger partial charge in [0.25, 0.3) is 0 Å². The Balaban J connectivity index is 2.93. The molecule has 0 bridgehead atoms. The monoisotopic (exact) mass is 214 g/mol. The summed E-state index contributed by atoms with van der Waals surface area (Å²) in [6, 6.07) is 0.320. The molecule has 0 aliphatic carbocycles. The van der Waals surface area contributed by atoms with Crippen molar-refractivity contribution < 1.29 is 5.21 Å². The first kappa shape index (κ1) is 10.8. The number of hydrogen-bond acceptors (Lipinski definition) is 5. The lowest BCUT2D eigenvalue weighted by atomic mass is 10.4. The van der Waals surface area contributed by atoms with E-state index in [1.807, 2.05) is 20.8 Å². The van der Waals surface area contributed by atoms with E-state index in [1.165, 1.54) is 11.3 Å². The first-order chi connectivity index (χ1) is 6.54. The molecule has 0 aromatic carbocycles. The minimum atomic E-state index is 0.108. The van der Waals surface area contributed by atoms with Gasteiger partial charge in [0.15, 0.2) is 11.0 Å². The van der Waals surface area contributed by atoms with Gasteiger partial charge in [0, 0.05) is 6.04 Å². The molecule has 0 aliphatic rings. The molecular weight excluding hydrogens is 200 g/mol. The van der Waals surface area contributed by atoms with E-state index in [-0.39, 0.29) is 5.84 Å². The maximum Gasteiger partial charge on any atom is 0.183 e. The molecule has 1 aromatic rings. The number of nitrogens with one attached hydrogen (secondary N) is 1. The number of nitrogens with two attached hydrogens (primary N) is 1. The first-order valence-electron chi connectivity index (χ1n) is 4.26. The number of aromatic nitrogens is 1. The highest BCUT2D eigenvalue weighted by molar-refractivity contribution is 7.17. The van der Waals surface area contributed by atoms with E-state index in [4.69, 9.17) is 10.9 Å². The van der Waals surface area contributed by atoms with E-state index < -0.39 is 0 Å². The lowest BCUT2D eigenvalue weighted by molar-refractivity contribution is 0.318. The summed E-state index contributed by atoms with van der Waals surface area (Å²) in [4.78, 5) is 4.96. The van der Waals surface area contributed by atoms with E-state index in [1.54, 1.807) is 0 Å². The van der Waals surface area contributed by atoms with Crippen LogP contribution in [0.3, 0.4) is 0 Å². The summed E-state index contributed by atoms with van der Waals surface area (Å²) < 4.78 is 0. The standard InChI is InChI=1S/C8H14N4OS/c1-4(2)10-8-11-5(3)6(14-8)7(9)12-13/h4,13H,1-3H3,(H2,9,12)(H,10,11). The predicted molar refractivity (Wildman–Crippen MR) is 58.1 cm³/mol. The number of nitrogens with zero attached hydrogens (tertiary/aromatic N) is 2. The lowest BCUT2D eigenvalue weighted by Gasteiger charge is -2.03. The summed E-state index contributed by atoms with van der Waals surface area (Å²) in [5.41, 5.74) is 6.25. The smallest absolute Gasteiger partial charge is 0.183 e. The molecule has 0 radical (unpaired) electrons. The van der Waals surface area contributed by atoms with Crippen molar-refractivity contribution in [2.75, 3.05) is 5.32 Å². The molecule has 1 aromatic heterocycles. The SMILES string of the molecule is Cc1nc(NC(C)C)sc1/C(N)=N\O. The minimum Gasteiger partial charge on any atom is -0.409 e. The van der Waals surface area contributed by atoms with Crippen molar-refractivity contribution in [1.29, 1.82) is 0 Å². The highest BCUT2D eigenvalue weighted by Gasteiger charge is 2.11. The van der Waals surface area contributed by atoms with Gasteiger partial charge in [-0.15, -0.1) is 0 Å². The van der Waals surface area contributed by atoms with E-state index in [0.717, 1.165) is 10.8 Å². The van der Waals surface area contributed by atoms with E-state index >= 15 is 0 Å². The van der Waals surface area contributed by atoms with Crippen LogP contribution in [0.5, 0.6) is 0 Å². The first-order valence-corrected chi connectivity index (χ1v) is 5.08. The summed E-state index contributed by atoms with van der Waals surface area (Å²) in [5.74, 6) is 0.108. The van der Waals surface area contributed by atoms with Gasteiger partial charge in [0.2, 0.25) is 0 Å². The molecule has 1 heterocycles. The predicted octanol–water partition coefficient (Wildman–Crippen LogP) is 1.37. The van der Waals surface area contributed by atoms with Crippen LogP contribution in [-0.4, -0.2) is 22.1 Å². The minimum absolute atomic E-state index is 0.108. The van der Waals surface area contributed by atoms with Crippen LogP contribution in [0.2, 0.25) is 0 Å². The number of rotatable bonds is 3. The topological polar surface area (TPSA) is 83.5 Å². The maximum absolute atomic E-state index is 8.53. The van der Waals surface area contributed by atoms with Crippen molar-refractivity contribution in [2.45, 2.75) is 26.8 Å². The Bertz CT molecular complexity index is 345. The van der Waals surface area contributed by atoms with Crippen LogP contribution in [0.4, 0.5) is 5.13 Å². The fourth-order valence-corrected chi connectivity index (χ4v) is 2.00. The number of anilines is 1. The van der Waals surface area contributed by atoms with Crippen molar-refractivity contribution in [3.05, 3.63) is 10.6 Å². The molecule has 0 unspecified atom stereocenters. The molecule has 0 saturated carbocycles. The van der Waals surface area contributed by atoms with Gasteiger partial charge in [-0.05, 0) is 20.8 Å². The average Bonchev–Trinajstić information content (AvgIpc) is 2.44. The Morgan fingerprint density at radius 1 is 1.64 bits per heavy atom. The average molecular weight is 214 g/mol. The summed E-state index contributed by atoms with van der Waals surface area (Å²) in [7, 11) is 0. The number of oxime groups is 1. The molecule has 14 heavy (non-hydrogen) atoms. The van der Waals surface area contributed by atoms with Crippen LogP contribution in [0.1, 0.15) is 24.4 Å². The molecule has 0 fully saturated rings. The van der Waals surface area contributed by atoms with Gasteiger partial charge in [-0.3, -0.25) is 0 Å². The third kappa shape index (κ3) is 2.35. The Labute approximate surface area is 86.6 Å². The molecular formula is C8H14N4OS. The second kappa shape index (κ2) is 4.28. The van der Waals surface area contributed by atoms with Gasteiger partial charge in [-0.25, -0.2) is 4.98 Å². The second-order valence-corrected chi connectivity index (χ2v) is 4.22. The summed E-state index contributed by atoms with van der Waals surface area (Å²) in [6.07, 6.45) is 0. The fourth-order valence-electron chi connectivity index (χ4n) is 0.988. The van der Waals surface area contributed by atoms with Gasteiger partial charge in [0.1, 0.15) is 0 Å². The van der Waals surface area contributed by atoms with Crippen molar-refractivity contribution >= 4 is 22.3 Å².